The van der Waals surface area contributed by atoms with Crippen LogP contribution in [0.4, 0.5) is 0 Å². The molecule has 0 spiro atoms. The van der Waals surface area contributed by atoms with Crippen molar-refractivity contribution in [3.8, 4) is 0 Å². The van der Waals surface area contributed by atoms with Gasteiger partial charge >= 0.3 is 8.56 Å². The van der Waals surface area contributed by atoms with E-state index in [-0.39, 0.29) is 34.1 Å². The summed E-state index contributed by atoms with van der Waals surface area (Å²) in [6.07, 6.45) is -1.38. The van der Waals surface area contributed by atoms with Crippen molar-refractivity contribution in [1.29, 1.82) is 0 Å². The molecule has 10 heteroatoms. The molecule has 0 aromatic heterocycles. The van der Waals surface area contributed by atoms with Crippen LogP contribution in [0.3, 0.4) is 0 Å². The molecule has 2 fully saturated rings. The Morgan fingerprint density at radius 3 is 2.02 bits per heavy atom. The number of ether oxygens (including phenoxy) is 2. The van der Waals surface area contributed by atoms with Gasteiger partial charge in [0.2, 0.25) is 14.8 Å². The average molecular weight is 677 g/mol. The van der Waals surface area contributed by atoms with Gasteiger partial charge in [-0.25, -0.2) is 8.42 Å². The molecule has 252 valence electrons. The second kappa shape index (κ2) is 13.6. The van der Waals surface area contributed by atoms with Crippen molar-refractivity contribution in [1.82, 2.24) is 0 Å². The van der Waals surface area contributed by atoms with Gasteiger partial charge in [-0.2, -0.15) is 0 Å². The minimum Gasteiger partial charge on any atom is -0.409 e. The Morgan fingerprint density at radius 1 is 0.911 bits per heavy atom. The van der Waals surface area contributed by atoms with E-state index in [1.807, 2.05) is 49.4 Å². The molecule has 2 heterocycles. The molecule has 2 aromatic carbocycles. The Morgan fingerprint density at radius 2 is 1.49 bits per heavy atom. The standard InChI is InChI=1S/C35H56O7SSi2/c1-11-44(12-2,13-3)41-31-25-39-45(33(5,6)7,34(8,9)10)42-30(31)23-35(43(36,37)29-21-19-27(4)20-22-29)32(40-35)26-38-24-28-17-15-14-16-18-28/h14-22,30-32H,11-13,23-26H2,1-10H3/t30-,31+,32-,35-/m0/s1. The Hall–Kier alpha value is -1.38. The van der Waals surface area contributed by atoms with Crippen molar-refractivity contribution in [2.45, 2.75) is 139 Å². The van der Waals surface area contributed by atoms with Crippen molar-refractivity contribution >= 4 is 26.7 Å². The predicted octanol–water partition coefficient (Wildman–Crippen LogP) is 8.32. The normalized spacial score (nSPS) is 25.7. The molecule has 0 amide bonds. The van der Waals surface area contributed by atoms with Gasteiger partial charge in [0.25, 0.3) is 0 Å². The van der Waals surface area contributed by atoms with E-state index in [1.54, 1.807) is 12.1 Å². The smallest absolute Gasteiger partial charge is 0.349 e. The average Bonchev–Trinajstić information content (AvgIpc) is 3.70. The van der Waals surface area contributed by atoms with Crippen molar-refractivity contribution < 1.29 is 31.2 Å². The highest BCUT2D eigenvalue weighted by Crippen LogP contribution is 2.57. The first-order chi connectivity index (χ1) is 21.0. The Balaban J connectivity index is 1.74. The third kappa shape index (κ3) is 7.23. The second-order valence-electron chi connectivity index (χ2n) is 14.9. The Kier molecular flexibility index (Phi) is 11.0. The summed E-state index contributed by atoms with van der Waals surface area (Å²) in [4.78, 5) is -1.24. The highest BCUT2D eigenvalue weighted by atomic mass is 32.2. The molecule has 2 saturated heterocycles. The number of rotatable bonds is 13. The number of hydrogen-bond donors (Lipinski definition) is 0. The number of epoxide rings is 1. The van der Waals surface area contributed by atoms with E-state index in [9.17, 15) is 8.42 Å². The van der Waals surface area contributed by atoms with E-state index >= 15 is 0 Å². The molecule has 4 rings (SSSR count). The van der Waals surface area contributed by atoms with Gasteiger partial charge in [0.05, 0.1) is 36.9 Å². The zero-order chi connectivity index (χ0) is 33.3. The fourth-order valence-electron chi connectivity index (χ4n) is 7.09. The predicted molar refractivity (Wildman–Crippen MR) is 185 cm³/mol. The van der Waals surface area contributed by atoms with Gasteiger partial charge in [0.1, 0.15) is 6.10 Å². The van der Waals surface area contributed by atoms with Gasteiger partial charge < -0.3 is 22.8 Å². The van der Waals surface area contributed by atoms with Crippen LogP contribution in [0.5, 0.6) is 0 Å². The third-order valence-corrected chi connectivity index (χ3v) is 22.1. The van der Waals surface area contributed by atoms with Crippen LogP contribution in [0.2, 0.25) is 28.2 Å². The van der Waals surface area contributed by atoms with Gasteiger partial charge in [0, 0.05) is 16.5 Å². The quantitative estimate of drug-likeness (QED) is 0.156. The lowest BCUT2D eigenvalue weighted by Crippen LogP contribution is -2.66. The molecule has 0 saturated carbocycles. The van der Waals surface area contributed by atoms with Crippen molar-refractivity contribution in [2.75, 3.05) is 13.2 Å². The summed E-state index contributed by atoms with van der Waals surface area (Å²) in [6.45, 7) is 22.6. The summed E-state index contributed by atoms with van der Waals surface area (Å²) in [6, 6.07) is 19.8. The summed E-state index contributed by atoms with van der Waals surface area (Å²) >= 11 is 0. The van der Waals surface area contributed by atoms with Crippen molar-refractivity contribution in [3.63, 3.8) is 0 Å². The first-order valence-corrected chi connectivity index (χ1v) is 22.4. The lowest BCUT2D eigenvalue weighted by molar-refractivity contribution is -0.0741. The van der Waals surface area contributed by atoms with E-state index < -0.39 is 43.9 Å². The summed E-state index contributed by atoms with van der Waals surface area (Å²) in [7, 11) is -8.97. The van der Waals surface area contributed by atoms with Crippen LogP contribution in [0.15, 0.2) is 59.5 Å². The highest BCUT2D eigenvalue weighted by molar-refractivity contribution is 7.93. The van der Waals surface area contributed by atoms with E-state index in [0.29, 0.717) is 13.2 Å². The van der Waals surface area contributed by atoms with Crippen LogP contribution in [-0.2, 0) is 39.2 Å². The minimum atomic E-state index is -3.93. The monoisotopic (exact) mass is 676 g/mol. The zero-order valence-corrected chi connectivity index (χ0v) is 32.0. The van der Waals surface area contributed by atoms with Crippen LogP contribution >= 0.6 is 0 Å². The van der Waals surface area contributed by atoms with Gasteiger partial charge in [0.15, 0.2) is 8.32 Å². The molecule has 0 bridgehead atoms. The van der Waals surface area contributed by atoms with Crippen LogP contribution in [0.25, 0.3) is 0 Å². The Labute approximate surface area is 274 Å². The molecule has 0 N–H and O–H groups in total. The number of hydrogen-bond acceptors (Lipinski definition) is 7. The maximum Gasteiger partial charge on any atom is 0.349 e. The summed E-state index contributed by atoms with van der Waals surface area (Å²) in [5.41, 5.74) is 2.02. The molecule has 2 aliphatic heterocycles. The maximum atomic E-state index is 14.6. The lowest BCUT2D eigenvalue weighted by Gasteiger charge is -2.55. The minimum absolute atomic E-state index is 0.152. The summed E-state index contributed by atoms with van der Waals surface area (Å²) < 4.78 is 62.8. The first-order valence-electron chi connectivity index (χ1n) is 16.6. The zero-order valence-electron chi connectivity index (χ0n) is 29.1. The van der Waals surface area contributed by atoms with Gasteiger partial charge in [-0.1, -0.05) is 110 Å². The Bertz CT molecular complexity index is 1340. The topological polar surface area (TPSA) is 83.6 Å². The first kappa shape index (κ1) is 36.5. The van der Waals surface area contributed by atoms with Crippen molar-refractivity contribution in [3.05, 3.63) is 65.7 Å². The van der Waals surface area contributed by atoms with E-state index in [1.165, 1.54) is 0 Å². The second-order valence-corrected chi connectivity index (χ2v) is 26.6. The fraction of sp³-hybridized carbons (Fsp3) is 0.657. The third-order valence-electron chi connectivity index (χ3n) is 9.92. The van der Waals surface area contributed by atoms with Gasteiger partial charge in [-0.3, -0.25) is 0 Å². The van der Waals surface area contributed by atoms with Crippen LogP contribution in [0, 0.1) is 6.92 Å². The van der Waals surface area contributed by atoms with E-state index in [4.69, 9.17) is 22.8 Å². The number of sulfone groups is 1. The van der Waals surface area contributed by atoms with Crippen LogP contribution in [0.1, 0.15) is 79.9 Å². The molecule has 4 atom stereocenters. The van der Waals surface area contributed by atoms with Crippen molar-refractivity contribution in [2.24, 2.45) is 0 Å². The fourth-order valence-corrected chi connectivity index (χ4v) is 16.8. The molecule has 2 aromatic rings. The highest BCUT2D eigenvalue weighted by Gasteiger charge is 2.70. The molecule has 0 unspecified atom stereocenters. The maximum absolute atomic E-state index is 14.6. The number of aryl methyl sites for hydroxylation is 1. The van der Waals surface area contributed by atoms with E-state index in [0.717, 1.165) is 29.3 Å². The molecular weight excluding hydrogens is 621 g/mol. The molecule has 0 radical (unpaired) electrons. The van der Waals surface area contributed by atoms with Crippen LogP contribution in [-0.4, -0.2) is 61.8 Å². The lowest BCUT2D eigenvalue weighted by atomic mass is 10.1. The van der Waals surface area contributed by atoms with Crippen LogP contribution < -0.4 is 0 Å². The summed E-state index contributed by atoms with van der Waals surface area (Å²) in [5, 5.41) is -0.538. The molecule has 45 heavy (non-hydrogen) atoms. The largest absolute Gasteiger partial charge is 0.409 e. The van der Waals surface area contributed by atoms with Gasteiger partial charge in [-0.05, 0) is 42.8 Å². The molecule has 0 aliphatic carbocycles. The van der Waals surface area contributed by atoms with E-state index in [2.05, 4.69) is 62.3 Å². The van der Waals surface area contributed by atoms with Gasteiger partial charge in [-0.15, -0.1) is 0 Å². The summed E-state index contributed by atoms with van der Waals surface area (Å²) in [5.74, 6) is 0. The SMILES string of the molecule is CC[Si](CC)(CC)O[C@@H]1CO[Si](C(C)(C)C)(C(C)(C)C)O[C@H]1C[C@@]1(S(=O)(=O)c2ccc(C)cc2)O[C@H]1COCc1ccccc1. The molecule has 2 aliphatic rings. The molecule has 7 nitrogen and oxygen atoms in total. The number of benzene rings is 2. The molecular formula is C35H56O7SSi2.